The van der Waals surface area contributed by atoms with E-state index in [1.165, 1.54) is 22.9 Å². The monoisotopic (exact) mass is 369 g/mol. The van der Waals surface area contributed by atoms with Crippen LogP contribution < -0.4 is 15.0 Å². The first-order valence-corrected chi connectivity index (χ1v) is 9.33. The van der Waals surface area contributed by atoms with Crippen LogP contribution in [-0.2, 0) is 16.6 Å². The van der Waals surface area contributed by atoms with Gasteiger partial charge in [0.1, 0.15) is 11.4 Å². The third kappa shape index (κ3) is 2.84. The van der Waals surface area contributed by atoms with E-state index in [1.54, 1.807) is 43.5 Å². The van der Waals surface area contributed by atoms with E-state index >= 15 is 0 Å². The molecule has 5 rings (SSSR count). The number of benzene rings is 2. The number of hydrogen-bond acceptors (Lipinski definition) is 5. The molecule has 4 bridgehead atoms. The van der Waals surface area contributed by atoms with Crippen molar-refractivity contribution in [3.05, 3.63) is 70.5 Å². The molecule has 0 unspecified atom stereocenters. The van der Waals surface area contributed by atoms with Crippen molar-refractivity contribution in [3.8, 4) is 17.0 Å². The van der Waals surface area contributed by atoms with Crippen LogP contribution in [0.2, 0.25) is 0 Å². The minimum absolute atomic E-state index is 0.0340. The lowest BCUT2D eigenvalue weighted by Crippen LogP contribution is -2.29. The highest BCUT2D eigenvalue weighted by molar-refractivity contribution is 7.92. The van der Waals surface area contributed by atoms with Crippen molar-refractivity contribution in [3.63, 3.8) is 0 Å². The average molecular weight is 369 g/mol. The maximum Gasteiger partial charge on any atom is 0.291 e. The van der Waals surface area contributed by atoms with Crippen LogP contribution in [0.3, 0.4) is 0 Å². The Morgan fingerprint density at radius 1 is 1.08 bits per heavy atom. The molecule has 0 saturated carbocycles. The van der Waals surface area contributed by atoms with Crippen molar-refractivity contribution in [2.24, 2.45) is 0 Å². The van der Waals surface area contributed by atoms with Gasteiger partial charge in [0.15, 0.2) is 0 Å². The second kappa shape index (κ2) is 5.99. The maximum atomic E-state index is 12.6. The normalized spacial score (nSPS) is 14.5. The van der Waals surface area contributed by atoms with E-state index in [0.717, 1.165) is 11.1 Å². The predicted molar refractivity (Wildman–Crippen MR) is 96.8 cm³/mol. The van der Waals surface area contributed by atoms with Crippen molar-refractivity contribution in [2.75, 3.05) is 11.8 Å². The quantitative estimate of drug-likeness (QED) is 0.747. The molecule has 0 spiro atoms. The molecule has 1 aromatic heterocycles. The van der Waals surface area contributed by atoms with Gasteiger partial charge in [0.05, 0.1) is 24.2 Å². The van der Waals surface area contributed by atoms with Crippen LogP contribution in [0.4, 0.5) is 5.69 Å². The molecule has 0 amide bonds. The van der Waals surface area contributed by atoms with Gasteiger partial charge in [-0.15, -0.1) is 0 Å². The number of nitrogens with one attached hydrogen (secondary N) is 1. The number of sulfonamides is 1. The SMILES string of the molecule is COc1ccc(-c2cc3c(=O)n(n2)Cc2ccc(cc2)S(=O)(=O)N3)cc1. The number of nitrogens with zero attached hydrogens (tertiary/aromatic N) is 2. The fourth-order valence-corrected chi connectivity index (χ4v) is 3.82. The number of aromatic nitrogens is 2. The van der Waals surface area contributed by atoms with E-state index in [4.69, 9.17) is 4.74 Å². The summed E-state index contributed by atoms with van der Waals surface area (Å²) in [5.41, 5.74) is 1.49. The summed E-state index contributed by atoms with van der Waals surface area (Å²) in [6.45, 7) is 0.248. The number of rotatable bonds is 2. The Morgan fingerprint density at radius 2 is 1.77 bits per heavy atom. The van der Waals surface area contributed by atoms with Crippen molar-refractivity contribution in [1.82, 2.24) is 9.78 Å². The van der Waals surface area contributed by atoms with Gasteiger partial charge in [0.25, 0.3) is 15.6 Å². The first-order chi connectivity index (χ1) is 12.5. The highest BCUT2D eigenvalue weighted by Crippen LogP contribution is 2.24. The number of hydrogen-bond donors (Lipinski definition) is 1. The molecule has 3 aromatic rings. The van der Waals surface area contributed by atoms with E-state index < -0.39 is 15.6 Å². The summed E-state index contributed by atoms with van der Waals surface area (Å²) < 4.78 is 33.8. The fraction of sp³-hybridized carbons (Fsp3) is 0.111. The molecule has 26 heavy (non-hydrogen) atoms. The summed E-state index contributed by atoms with van der Waals surface area (Å²) in [5, 5.41) is 4.40. The van der Waals surface area contributed by atoms with Crippen molar-refractivity contribution in [2.45, 2.75) is 11.4 Å². The lowest BCUT2D eigenvalue weighted by molar-refractivity contribution is 0.415. The van der Waals surface area contributed by atoms with Crippen LogP contribution in [0.5, 0.6) is 5.75 Å². The summed E-state index contributed by atoms with van der Waals surface area (Å²) in [7, 11) is -2.27. The summed E-state index contributed by atoms with van der Waals surface area (Å²) in [4.78, 5) is 12.7. The van der Waals surface area contributed by atoms with E-state index in [0.29, 0.717) is 11.4 Å². The first kappa shape index (κ1) is 16.3. The maximum absolute atomic E-state index is 12.6. The molecule has 0 fully saturated rings. The molecular formula is C18H15N3O4S. The summed E-state index contributed by atoms with van der Waals surface area (Å²) in [6.07, 6.45) is 0. The van der Waals surface area contributed by atoms with Crippen molar-refractivity contribution >= 4 is 15.7 Å². The molecule has 0 aliphatic carbocycles. The molecule has 0 saturated heterocycles. The highest BCUT2D eigenvalue weighted by Gasteiger charge is 2.20. The summed E-state index contributed by atoms with van der Waals surface area (Å²) in [6, 6.07) is 15.0. The molecule has 0 atom stereocenters. The van der Waals surface area contributed by atoms with Gasteiger partial charge in [-0.05, 0) is 48.0 Å². The van der Waals surface area contributed by atoms with Gasteiger partial charge in [0, 0.05) is 5.56 Å². The largest absolute Gasteiger partial charge is 0.497 e. The van der Waals surface area contributed by atoms with Crippen LogP contribution in [-0.4, -0.2) is 25.3 Å². The lowest BCUT2D eigenvalue weighted by atomic mass is 10.1. The van der Waals surface area contributed by atoms with Crippen LogP contribution >= 0.6 is 0 Å². The molecule has 2 aliphatic heterocycles. The third-order valence-corrected chi connectivity index (χ3v) is 5.55. The second-order valence-corrected chi connectivity index (χ2v) is 7.57. The molecule has 2 aliphatic rings. The number of ether oxygens (including phenoxy) is 1. The van der Waals surface area contributed by atoms with Crippen LogP contribution in [0.15, 0.2) is 64.3 Å². The lowest BCUT2D eigenvalue weighted by Gasteiger charge is -2.15. The second-order valence-electron chi connectivity index (χ2n) is 5.88. The summed E-state index contributed by atoms with van der Waals surface area (Å²) >= 11 is 0. The Balaban J connectivity index is 1.91. The molecule has 7 nitrogen and oxygen atoms in total. The Bertz CT molecular complexity index is 1130. The Kier molecular flexibility index (Phi) is 3.77. The third-order valence-electron chi connectivity index (χ3n) is 4.17. The minimum atomic E-state index is -3.85. The van der Waals surface area contributed by atoms with Gasteiger partial charge >= 0.3 is 0 Å². The number of anilines is 1. The van der Waals surface area contributed by atoms with Crippen LogP contribution in [0.1, 0.15) is 5.56 Å². The van der Waals surface area contributed by atoms with Crippen LogP contribution in [0, 0.1) is 0 Å². The standard InChI is InChI=1S/C18H15N3O4S/c1-25-14-6-4-13(5-7-14)16-10-17-18(22)21(19-16)11-12-2-8-15(9-3-12)26(23,24)20-17/h2-10,20H,11H2,1H3. The van der Waals surface area contributed by atoms with Crippen molar-refractivity contribution < 1.29 is 13.2 Å². The molecule has 3 heterocycles. The topological polar surface area (TPSA) is 90.3 Å². The van der Waals surface area contributed by atoms with Gasteiger partial charge in [-0.1, -0.05) is 12.1 Å². The Labute approximate surface area is 149 Å². The van der Waals surface area contributed by atoms with Gasteiger partial charge in [-0.25, -0.2) is 13.1 Å². The van der Waals surface area contributed by atoms with E-state index in [-0.39, 0.29) is 17.1 Å². The van der Waals surface area contributed by atoms with Gasteiger partial charge < -0.3 is 4.74 Å². The zero-order chi connectivity index (χ0) is 18.3. The minimum Gasteiger partial charge on any atom is -0.497 e. The molecule has 132 valence electrons. The smallest absolute Gasteiger partial charge is 0.291 e. The number of fused-ring (bicyclic) bond motifs is 3. The number of methoxy groups -OCH3 is 1. The van der Waals surface area contributed by atoms with Gasteiger partial charge in [-0.3, -0.25) is 9.52 Å². The van der Waals surface area contributed by atoms with E-state index in [9.17, 15) is 13.2 Å². The van der Waals surface area contributed by atoms with Crippen molar-refractivity contribution in [1.29, 1.82) is 0 Å². The molecule has 8 heteroatoms. The van der Waals surface area contributed by atoms with E-state index in [2.05, 4.69) is 9.82 Å². The van der Waals surface area contributed by atoms with E-state index in [1.807, 2.05) is 0 Å². The molecular weight excluding hydrogens is 354 g/mol. The molecule has 1 N–H and O–H groups in total. The fourth-order valence-electron chi connectivity index (χ4n) is 2.78. The average Bonchev–Trinajstić information content (AvgIpc) is 2.64. The zero-order valence-electron chi connectivity index (χ0n) is 13.8. The van der Waals surface area contributed by atoms with Crippen LogP contribution in [0.25, 0.3) is 11.3 Å². The Morgan fingerprint density at radius 3 is 2.42 bits per heavy atom. The predicted octanol–water partition coefficient (Wildman–Crippen LogP) is 2.08. The highest BCUT2D eigenvalue weighted by atomic mass is 32.2. The first-order valence-electron chi connectivity index (χ1n) is 7.85. The van der Waals surface area contributed by atoms with Gasteiger partial charge in [0.2, 0.25) is 0 Å². The summed E-state index contributed by atoms with van der Waals surface area (Å²) in [5.74, 6) is 0.692. The molecule has 2 aromatic carbocycles. The molecule has 0 radical (unpaired) electrons. The zero-order valence-corrected chi connectivity index (χ0v) is 14.7. The Hall–Kier alpha value is -3.13. The van der Waals surface area contributed by atoms with Gasteiger partial charge in [-0.2, -0.15) is 5.10 Å².